The summed E-state index contributed by atoms with van der Waals surface area (Å²) in [6.45, 7) is 3.71. The van der Waals surface area contributed by atoms with Crippen LogP contribution in [0.5, 0.6) is 0 Å². The average Bonchev–Trinajstić information content (AvgIpc) is 2.14. The van der Waals surface area contributed by atoms with Crippen molar-refractivity contribution in [3.63, 3.8) is 0 Å². The van der Waals surface area contributed by atoms with E-state index in [4.69, 9.17) is 4.74 Å². The highest BCUT2D eigenvalue weighted by Crippen LogP contribution is 2.17. The molecule has 0 amide bonds. The third-order valence-corrected chi connectivity index (χ3v) is 2.58. The van der Waals surface area contributed by atoms with E-state index in [1.807, 2.05) is 18.2 Å². The predicted octanol–water partition coefficient (Wildman–Crippen LogP) is 2.69. The minimum absolute atomic E-state index is 0.102. The van der Waals surface area contributed by atoms with Gasteiger partial charge in [-0.1, -0.05) is 22.0 Å². The van der Waals surface area contributed by atoms with Gasteiger partial charge in [0.15, 0.2) is 0 Å². The number of carbonyl (C=O) groups excluding carboxylic acids is 2. The molecule has 4 heteroatoms. The van der Waals surface area contributed by atoms with Crippen molar-refractivity contribution in [2.75, 3.05) is 6.61 Å². The second-order valence-electron chi connectivity index (χ2n) is 3.83. The van der Waals surface area contributed by atoms with Crippen LogP contribution >= 0.6 is 15.9 Å². The Morgan fingerprint density at radius 1 is 1.18 bits per heavy atom. The second kappa shape index (κ2) is 6.55. The van der Waals surface area contributed by atoms with E-state index in [1.165, 1.54) is 0 Å². The molecule has 0 bridgehead atoms. The van der Waals surface area contributed by atoms with E-state index in [9.17, 15) is 9.59 Å². The van der Waals surface area contributed by atoms with E-state index in [1.54, 1.807) is 13.8 Å². The summed E-state index contributed by atoms with van der Waals surface area (Å²) in [6, 6.07) is 5.61. The van der Waals surface area contributed by atoms with Crippen molar-refractivity contribution in [2.24, 2.45) is 0 Å². The molecule has 0 atom stereocenters. The number of ether oxygens (including phenoxy) is 1. The van der Waals surface area contributed by atoms with Gasteiger partial charge in [-0.25, -0.2) is 0 Å². The van der Waals surface area contributed by atoms with Crippen molar-refractivity contribution in [1.82, 2.24) is 0 Å². The molecule has 0 aromatic heterocycles. The number of benzene rings is 1. The van der Waals surface area contributed by atoms with Gasteiger partial charge in [0.1, 0.15) is 5.78 Å². The van der Waals surface area contributed by atoms with Gasteiger partial charge in [0, 0.05) is 10.9 Å². The molecule has 0 aliphatic heterocycles. The van der Waals surface area contributed by atoms with E-state index in [0.29, 0.717) is 13.0 Å². The zero-order valence-electron chi connectivity index (χ0n) is 9.96. The number of carbonyl (C=O) groups is 2. The fraction of sp³-hybridized carbons (Fsp3) is 0.385. The van der Waals surface area contributed by atoms with Crippen molar-refractivity contribution in [3.8, 4) is 0 Å². The topological polar surface area (TPSA) is 43.4 Å². The van der Waals surface area contributed by atoms with E-state index in [0.717, 1.165) is 15.6 Å². The lowest BCUT2D eigenvalue weighted by molar-refractivity contribution is -0.142. The van der Waals surface area contributed by atoms with Crippen LogP contribution in [-0.2, 0) is 27.2 Å². The first kappa shape index (κ1) is 13.9. The molecule has 0 N–H and O–H groups in total. The third kappa shape index (κ3) is 5.13. The van der Waals surface area contributed by atoms with Crippen LogP contribution in [0.3, 0.4) is 0 Å². The monoisotopic (exact) mass is 298 g/mol. The number of Topliss-reactive ketones (excluding diaryl/α,β-unsaturated/α-hetero) is 1. The molecule has 1 aromatic carbocycles. The Kier molecular flexibility index (Phi) is 5.35. The quantitative estimate of drug-likeness (QED) is 0.785. The molecular weight excluding hydrogens is 284 g/mol. The van der Waals surface area contributed by atoms with Crippen LogP contribution < -0.4 is 0 Å². The lowest BCUT2D eigenvalue weighted by Gasteiger charge is -2.06. The molecule has 17 heavy (non-hydrogen) atoms. The number of ketones is 1. The normalized spacial score (nSPS) is 10.1. The molecule has 0 aliphatic carbocycles. The lowest BCUT2D eigenvalue weighted by atomic mass is 10.0. The van der Waals surface area contributed by atoms with Crippen molar-refractivity contribution < 1.29 is 14.3 Å². The summed E-state index contributed by atoms with van der Waals surface area (Å²) in [5.74, 6) is -0.149. The summed E-state index contributed by atoms with van der Waals surface area (Å²) in [6.07, 6.45) is 0.619. The van der Waals surface area contributed by atoms with Crippen molar-refractivity contribution in [1.29, 1.82) is 0 Å². The summed E-state index contributed by atoms with van der Waals surface area (Å²) in [5.41, 5.74) is 1.76. The molecule has 1 rings (SSSR count). The summed E-state index contributed by atoms with van der Waals surface area (Å²) in [4.78, 5) is 22.4. The molecule has 0 saturated heterocycles. The first-order valence-corrected chi connectivity index (χ1v) is 6.24. The van der Waals surface area contributed by atoms with Crippen LogP contribution in [0, 0.1) is 0 Å². The minimum atomic E-state index is -0.251. The largest absolute Gasteiger partial charge is 0.466 e. The van der Waals surface area contributed by atoms with Gasteiger partial charge in [0.25, 0.3) is 0 Å². The first-order chi connectivity index (χ1) is 8.01. The Hall–Kier alpha value is -1.16. The van der Waals surface area contributed by atoms with Crippen LogP contribution in [0.25, 0.3) is 0 Å². The van der Waals surface area contributed by atoms with E-state index >= 15 is 0 Å². The van der Waals surface area contributed by atoms with Crippen LogP contribution in [0.2, 0.25) is 0 Å². The van der Waals surface area contributed by atoms with Gasteiger partial charge in [-0.15, -0.1) is 0 Å². The Morgan fingerprint density at radius 3 is 2.29 bits per heavy atom. The molecule has 0 radical (unpaired) electrons. The van der Waals surface area contributed by atoms with E-state index in [-0.39, 0.29) is 18.2 Å². The van der Waals surface area contributed by atoms with Crippen molar-refractivity contribution in [3.05, 3.63) is 33.8 Å². The maximum absolute atomic E-state index is 11.4. The first-order valence-electron chi connectivity index (χ1n) is 5.44. The number of hydrogen-bond acceptors (Lipinski definition) is 3. The van der Waals surface area contributed by atoms with Crippen LogP contribution in [0.15, 0.2) is 22.7 Å². The highest BCUT2D eigenvalue weighted by molar-refractivity contribution is 9.10. The molecule has 0 fully saturated rings. The van der Waals surface area contributed by atoms with E-state index in [2.05, 4.69) is 15.9 Å². The summed E-state index contributed by atoms with van der Waals surface area (Å²) in [7, 11) is 0. The summed E-state index contributed by atoms with van der Waals surface area (Å²) in [5, 5.41) is 0. The maximum atomic E-state index is 11.4. The fourth-order valence-corrected chi connectivity index (χ4v) is 2.18. The number of halogens is 1. The fourth-order valence-electron chi connectivity index (χ4n) is 1.59. The third-order valence-electron chi connectivity index (χ3n) is 2.12. The lowest BCUT2D eigenvalue weighted by Crippen LogP contribution is -2.08. The van der Waals surface area contributed by atoms with E-state index < -0.39 is 0 Å². The molecule has 92 valence electrons. The zero-order chi connectivity index (χ0) is 12.8. The Balaban J connectivity index is 2.81. The summed E-state index contributed by atoms with van der Waals surface area (Å²) >= 11 is 3.37. The van der Waals surface area contributed by atoms with Crippen LogP contribution in [-0.4, -0.2) is 18.4 Å². The molecule has 0 spiro atoms. The highest BCUT2D eigenvalue weighted by Gasteiger charge is 2.07. The van der Waals surface area contributed by atoms with Gasteiger partial charge in [-0.3, -0.25) is 9.59 Å². The van der Waals surface area contributed by atoms with Gasteiger partial charge in [0.05, 0.1) is 13.0 Å². The highest BCUT2D eigenvalue weighted by atomic mass is 79.9. The Morgan fingerprint density at radius 2 is 1.76 bits per heavy atom. The molecule has 0 saturated carbocycles. The molecule has 0 aliphatic rings. The molecule has 3 nitrogen and oxygen atoms in total. The van der Waals surface area contributed by atoms with Gasteiger partial charge < -0.3 is 4.74 Å². The SMILES string of the molecule is CCOC(=O)Cc1cc(Br)cc(CC(C)=O)c1. The zero-order valence-corrected chi connectivity index (χ0v) is 11.5. The minimum Gasteiger partial charge on any atom is -0.466 e. The smallest absolute Gasteiger partial charge is 0.310 e. The average molecular weight is 299 g/mol. The number of rotatable bonds is 5. The standard InChI is InChI=1S/C13H15BrO3/c1-3-17-13(16)8-11-5-10(4-9(2)15)6-12(14)7-11/h5-7H,3-4,8H2,1-2H3. The number of esters is 1. The van der Waals surface area contributed by atoms with Crippen LogP contribution in [0.1, 0.15) is 25.0 Å². The van der Waals surface area contributed by atoms with Gasteiger partial charge in [-0.05, 0) is 37.1 Å². The maximum Gasteiger partial charge on any atom is 0.310 e. The van der Waals surface area contributed by atoms with Crippen molar-refractivity contribution in [2.45, 2.75) is 26.7 Å². The molecule has 1 aromatic rings. The second-order valence-corrected chi connectivity index (χ2v) is 4.74. The molecular formula is C13H15BrO3. The van der Waals surface area contributed by atoms with Crippen molar-refractivity contribution >= 4 is 27.7 Å². The Bertz CT molecular complexity index is 427. The predicted molar refractivity (Wildman–Crippen MR) is 68.9 cm³/mol. The van der Waals surface area contributed by atoms with Crippen LogP contribution in [0.4, 0.5) is 0 Å². The van der Waals surface area contributed by atoms with Gasteiger partial charge in [-0.2, -0.15) is 0 Å². The molecule has 0 unspecified atom stereocenters. The summed E-state index contributed by atoms with van der Waals surface area (Å²) < 4.78 is 5.76. The molecule has 0 heterocycles. The van der Waals surface area contributed by atoms with Gasteiger partial charge >= 0.3 is 5.97 Å². The number of hydrogen-bond donors (Lipinski definition) is 0. The Labute approximate surface area is 109 Å². The van der Waals surface area contributed by atoms with Gasteiger partial charge in [0.2, 0.25) is 0 Å².